The maximum atomic E-state index is 6.08. The summed E-state index contributed by atoms with van der Waals surface area (Å²) >= 11 is 6.08. The van der Waals surface area contributed by atoms with Crippen molar-refractivity contribution >= 4 is 22.6 Å². The molecule has 0 atom stereocenters. The molecule has 0 unspecified atom stereocenters. The van der Waals surface area contributed by atoms with Crippen molar-refractivity contribution in [2.45, 2.75) is 13.3 Å². The Bertz CT molecular complexity index is 502. The number of benzene rings is 1. The summed E-state index contributed by atoms with van der Waals surface area (Å²) in [7, 11) is 2.00. The molecule has 0 saturated heterocycles. The summed E-state index contributed by atoms with van der Waals surface area (Å²) in [5.41, 5.74) is 8.71. The molecule has 0 aliphatic rings. The van der Waals surface area contributed by atoms with Gasteiger partial charge in [-0.05, 0) is 31.2 Å². The highest BCUT2D eigenvalue weighted by Gasteiger charge is 2.10. The molecule has 1 aromatic carbocycles. The monoisotopic (exact) mass is 223 g/mol. The number of hydrogen-bond acceptors (Lipinski definition) is 2. The molecule has 1 aromatic heterocycles. The van der Waals surface area contributed by atoms with Gasteiger partial charge in [0.1, 0.15) is 5.82 Å². The van der Waals surface area contributed by atoms with E-state index in [4.69, 9.17) is 17.3 Å². The molecular weight excluding hydrogens is 210 g/mol. The predicted molar refractivity (Wildman–Crippen MR) is 63.2 cm³/mol. The van der Waals surface area contributed by atoms with E-state index in [9.17, 15) is 0 Å². The molecular formula is C11H14ClN3. The van der Waals surface area contributed by atoms with Gasteiger partial charge in [0.15, 0.2) is 0 Å². The van der Waals surface area contributed by atoms with Crippen LogP contribution in [0, 0.1) is 6.92 Å². The molecule has 4 heteroatoms. The van der Waals surface area contributed by atoms with Crippen LogP contribution >= 0.6 is 11.6 Å². The Hall–Kier alpha value is -1.06. The number of hydrogen-bond donors (Lipinski definition) is 1. The lowest BCUT2D eigenvalue weighted by Crippen LogP contribution is -2.07. The van der Waals surface area contributed by atoms with Gasteiger partial charge in [-0.15, -0.1) is 0 Å². The summed E-state index contributed by atoms with van der Waals surface area (Å²) < 4.78 is 2.07. The van der Waals surface area contributed by atoms with Crippen molar-refractivity contribution in [3.8, 4) is 0 Å². The van der Waals surface area contributed by atoms with E-state index in [1.807, 2.05) is 26.1 Å². The Balaban J connectivity index is 2.72. The molecule has 0 amide bonds. The van der Waals surface area contributed by atoms with Crippen molar-refractivity contribution in [2.75, 3.05) is 6.54 Å². The summed E-state index contributed by atoms with van der Waals surface area (Å²) in [4.78, 5) is 4.53. The minimum Gasteiger partial charge on any atom is -0.331 e. The van der Waals surface area contributed by atoms with Gasteiger partial charge in [0.05, 0.1) is 11.0 Å². The zero-order valence-corrected chi connectivity index (χ0v) is 9.67. The number of halogens is 1. The minimum absolute atomic E-state index is 0.615. The summed E-state index contributed by atoms with van der Waals surface area (Å²) in [6.07, 6.45) is 0.794. The van der Waals surface area contributed by atoms with Crippen LogP contribution in [0.2, 0.25) is 5.02 Å². The second-order valence-corrected chi connectivity index (χ2v) is 4.07. The lowest BCUT2D eigenvalue weighted by Gasteiger charge is -2.03. The van der Waals surface area contributed by atoms with Gasteiger partial charge < -0.3 is 10.3 Å². The Morgan fingerprint density at radius 1 is 1.47 bits per heavy atom. The SMILES string of the molecule is Cc1c(Cl)ccc2nc(CCN)n(C)c12. The van der Waals surface area contributed by atoms with Crippen LogP contribution in [0.4, 0.5) is 0 Å². The van der Waals surface area contributed by atoms with Gasteiger partial charge in [0.25, 0.3) is 0 Å². The molecule has 0 bridgehead atoms. The number of nitrogens with two attached hydrogens (primary N) is 1. The molecule has 0 radical (unpaired) electrons. The first-order chi connectivity index (χ1) is 7.15. The van der Waals surface area contributed by atoms with Gasteiger partial charge in [-0.3, -0.25) is 0 Å². The minimum atomic E-state index is 0.615. The van der Waals surface area contributed by atoms with Crippen LogP contribution in [0.3, 0.4) is 0 Å². The highest BCUT2D eigenvalue weighted by atomic mass is 35.5. The Morgan fingerprint density at radius 3 is 2.87 bits per heavy atom. The molecule has 0 saturated carbocycles. The highest BCUT2D eigenvalue weighted by molar-refractivity contribution is 6.32. The summed E-state index contributed by atoms with van der Waals surface area (Å²) in [5, 5.41) is 0.782. The molecule has 3 nitrogen and oxygen atoms in total. The van der Waals surface area contributed by atoms with Gasteiger partial charge in [0.2, 0.25) is 0 Å². The number of aryl methyl sites for hydroxylation is 2. The first-order valence-corrected chi connectivity index (χ1v) is 5.33. The predicted octanol–water partition coefficient (Wildman–Crippen LogP) is 2.04. The third-order valence-corrected chi connectivity index (χ3v) is 3.09. The van der Waals surface area contributed by atoms with Gasteiger partial charge in [-0.25, -0.2) is 4.98 Å². The van der Waals surface area contributed by atoms with Crippen molar-refractivity contribution in [2.24, 2.45) is 12.8 Å². The van der Waals surface area contributed by atoms with Gasteiger partial charge >= 0.3 is 0 Å². The summed E-state index contributed by atoms with van der Waals surface area (Å²) in [6.45, 7) is 2.63. The quantitative estimate of drug-likeness (QED) is 0.847. The lowest BCUT2D eigenvalue weighted by molar-refractivity contribution is 0.793. The second kappa shape index (κ2) is 3.83. The Labute approximate surface area is 93.9 Å². The fourth-order valence-electron chi connectivity index (χ4n) is 1.87. The number of imidazole rings is 1. The lowest BCUT2D eigenvalue weighted by atomic mass is 10.2. The van der Waals surface area contributed by atoms with Crippen molar-refractivity contribution in [3.63, 3.8) is 0 Å². The Morgan fingerprint density at radius 2 is 2.20 bits per heavy atom. The van der Waals surface area contributed by atoms with Crippen molar-refractivity contribution < 1.29 is 0 Å². The molecule has 2 aromatic rings. The second-order valence-electron chi connectivity index (χ2n) is 3.67. The zero-order chi connectivity index (χ0) is 11.0. The fraction of sp³-hybridized carbons (Fsp3) is 0.364. The maximum Gasteiger partial charge on any atom is 0.110 e. The van der Waals surface area contributed by atoms with Gasteiger partial charge in [0, 0.05) is 18.5 Å². The molecule has 0 aliphatic heterocycles. The standard InChI is InChI=1S/C11H14ClN3/c1-7-8(12)3-4-9-11(7)15(2)10(14-9)5-6-13/h3-4H,5-6,13H2,1-2H3. The number of aromatic nitrogens is 2. The topological polar surface area (TPSA) is 43.8 Å². The first kappa shape index (κ1) is 10.5. The molecule has 0 spiro atoms. The smallest absolute Gasteiger partial charge is 0.110 e. The van der Waals surface area contributed by atoms with Crippen LogP contribution in [0.5, 0.6) is 0 Å². The third kappa shape index (κ3) is 1.62. The molecule has 0 aliphatic carbocycles. The van der Waals surface area contributed by atoms with E-state index in [0.29, 0.717) is 6.54 Å². The Kier molecular flexibility index (Phi) is 2.67. The van der Waals surface area contributed by atoms with Crippen LogP contribution in [0.1, 0.15) is 11.4 Å². The van der Waals surface area contributed by atoms with E-state index in [2.05, 4.69) is 9.55 Å². The van der Waals surface area contributed by atoms with E-state index < -0.39 is 0 Å². The largest absolute Gasteiger partial charge is 0.331 e. The average Bonchev–Trinajstić information content (AvgIpc) is 2.52. The van der Waals surface area contributed by atoms with E-state index in [1.165, 1.54) is 0 Å². The zero-order valence-electron chi connectivity index (χ0n) is 8.92. The molecule has 1 heterocycles. The molecule has 15 heavy (non-hydrogen) atoms. The van der Waals surface area contributed by atoms with Gasteiger partial charge in [-0.2, -0.15) is 0 Å². The van der Waals surface area contributed by atoms with Crippen LogP contribution in [0.25, 0.3) is 11.0 Å². The highest BCUT2D eigenvalue weighted by Crippen LogP contribution is 2.25. The van der Waals surface area contributed by atoms with Gasteiger partial charge in [-0.1, -0.05) is 11.6 Å². The van der Waals surface area contributed by atoms with Crippen LogP contribution in [0.15, 0.2) is 12.1 Å². The van der Waals surface area contributed by atoms with E-state index in [-0.39, 0.29) is 0 Å². The first-order valence-electron chi connectivity index (χ1n) is 4.95. The van der Waals surface area contributed by atoms with Crippen LogP contribution < -0.4 is 5.73 Å². The maximum absolute atomic E-state index is 6.08. The number of rotatable bonds is 2. The molecule has 2 rings (SSSR count). The summed E-state index contributed by atoms with van der Waals surface area (Å²) in [5.74, 6) is 1.01. The number of nitrogens with zero attached hydrogens (tertiary/aromatic N) is 2. The molecule has 0 fully saturated rings. The molecule has 2 N–H and O–H groups in total. The fourth-order valence-corrected chi connectivity index (χ4v) is 2.02. The van der Waals surface area contributed by atoms with Crippen molar-refractivity contribution in [1.82, 2.24) is 9.55 Å². The van der Waals surface area contributed by atoms with Crippen molar-refractivity contribution in [3.05, 3.63) is 28.5 Å². The van der Waals surface area contributed by atoms with Crippen LogP contribution in [-0.4, -0.2) is 16.1 Å². The van der Waals surface area contributed by atoms with Crippen molar-refractivity contribution in [1.29, 1.82) is 0 Å². The van der Waals surface area contributed by atoms with E-state index >= 15 is 0 Å². The third-order valence-electron chi connectivity index (χ3n) is 2.68. The molecule has 80 valence electrons. The normalized spacial score (nSPS) is 11.2. The van der Waals surface area contributed by atoms with Crippen LogP contribution in [-0.2, 0) is 13.5 Å². The number of fused-ring (bicyclic) bond motifs is 1. The average molecular weight is 224 g/mol. The summed E-state index contributed by atoms with van der Waals surface area (Å²) in [6, 6.07) is 3.84. The van der Waals surface area contributed by atoms with E-state index in [1.54, 1.807) is 0 Å². The van der Waals surface area contributed by atoms with E-state index in [0.717, 1.165) is 33.9 Å².